The van der Waals surface area contributed by atoms with Crippen LogP contribution in [0.1, 0.15) is 31.0 Å². The van der Waals surface area contributed by atoms with Gasteiger partial charge in [-0.3, -0.25) is 14.8 Å². The van der Waals surface area contributed by atoms with Gasteiger partial charge in [0.15, 0.2) is 0 Å². The van der Waals surface area contributed by atoms with E-state index in [1.165, 1.54) is 12.1 Å². The third-order valence-corrected chi connectivity index (χ3v) is 3.47. The Morgan fingerprint density at radius 2 is 2.29 bits per heavy atom. The van der Waals surface area contributed by atoms with Crippen molar-refractivity contribution < 1.29 is 4.92 Å². The minimum atomic E-state index is -0.405. The second-order valence-electron chi connectivity index (χ2n) is 4.78. The Hall–Kier alpha value is -1.92. The normalized spacial score (nSPS) is 12.3. The van der Waals surface area contributed by atoms with Crippen LogP contribution in [0, 0.1) is 10.1 Å². The average molecular weight is 309 g/mol. The summed E-state index contributed by atoms with van der Waals surface area (Å²) in [5, 5.41) is 19.1. The minimum absolute atomic E-state index is 0.0520. The number of rotatable bonds is 6. The van der Waals surface area contributed by atoms with Crippen LogP contribution in [0.4, 0.5) is 5.69 Å². The fraction of sp³-hybridized carbons (Fsp3) is 0.357. The standard InChI is InChI=1S/C14H17ClN4O2/c1-3-16-10(2)12-7-17-18(9-12)8-11-6-13(15)4-5-14(11)19(20)21/h4-7,9-10,16H,3,8H2,1-2H3. The number of nitro groups is 1. The number of hydrogen-bond acceptors (Lipinski definition) is 4. The molecule has 0 aliphatic rings. The van der Waals surface area contributed by atoms with Gasteiger partial charge in [0.2, 0.25) is 0 Å². The van der Waals surface area contributed by atoms with E-state index in [0.717, 1.165) is 12.1 Å². The molecule has 1 aromatic carbocycles. The maximum absolute atomic E-state index is 11.0. The van der Waals surface area contributed by atoms with Crippen LogP contribution in [-0.4, -0.2) is 21.2 Å². The summed E-state index contributed by atoms with van der Waals surface area (Å²) in [6.45, 7) is 5.27. The van der Waals surface area contributed by atoms with Crippen molar-refractivity contribution in [2.24, 2.45) is 0 Å². The second kappa shape index (κ2) is 6.69. The molecule has 0 amide bonds. The average Bonchev–Trinajstić information content (AvgIpc) is 2.87. The molecule has 0 saturated carbocycles. The predicted molar refractivity (Wildman–Crippen MR) is 81.5 cm³/mol. The van der Waals surface area contributed by atoms with E-state index in [1.807, 2.05) is 20.0 Å². The maximum atomic E-state index is 11.0. The molecule has 0 aliphatic carbocycles. The van der Waals surface area contributed by atoms with E-state index in [1.54, 1.807) is 16.9 Å². The lowest BCUT2D eigenvalue weighted by Crippen LogP contribution is -2.17. The summed E-state index contributed by atoms with van der Waals surface area (Å²) in [4.78, 5) is 10.6. The lowest BCUT2D eigenvalue weighted by Gasteiger charge is -2.09. The van der Waals surface area contributed by atoms with Gasteiger partial charge in [-0.15, -0.1) is 0 Å². The number of nitrogens with zero attached hydrogens (tertiary/aromatic N) is 3. The van der Waals surface area contributed by atoms with Gasteiger partial charge in [0.1, 0.15) is 0 Å². The first-order chi connectivity index (χ1) is 10.0. The van der Waals surface area contributed by atoms with E-state index < -0.39 is 4.92 Å². The van der Waals surface area contributed by atoms with Crippen LogP contribution >= 0.6 is 11.6 Å². The lowest BCUT2D eigenvalue weighted by atomic mass is 10.1. The summed E-state index contributed by atoms with van der Waals surface area (Å²) < 4.78 is 1.68. The largest absolute Gasteiger partial charge is 0.310 e. The third-order valence-electron chi connectivity index (χ3n) is 3.23. The molecule has 2 aromatic rings. The van der Waals surface area contributed by atoms with Gasteiger partial charge in [0.05, 0.1) is 23.2 Å². The van der Waals surface area contributed by atoms with E-state index in [2.05, 4.69) is 10.4 Å². The second-order valence-corrected chi connectivity index (χ2v) is 5.22. The molecule has 0 spiro atoms. The molecular formula is C14H17ClN4O2. The highest BCUT2D eigenvalue weighted by Gasteiger charge is 2.15. The molecule has 0 aliphatic heterocycles. The smallest absolute Gasteiger partial charge is 0.274 e. The highest BCUT2D eigenvalue weighted by atomic mass is 35.5. The van der Waals surface area contributed by atoms with Crippen LogP contribution in [0.15, 0.2) is 30.6 Å². The van der Waals surface area contributed by atoms with Gasteiger partial charge in [-0.1, -0.05) is 18.5 Å². The number of hydrogen-bond donors (Lipinski definition) is 1. The zero-order valence-electron chi connectivity index (χ0n) is 11.9. The summed E-state index contributed by atoms with van der Waals surface area (Å²) >= 11 is 5.92. The Bertz CT molecular complexity index is 642. The third kappa shape index (κ3) is 3.80. The van der Waals surface area contributed by atoms with Gasteiger partial charge in [0, 0.05) is 28.9 Å². The van der Waals surface area contributed by atoms with Gasteiger partial charge in [-0.25, -0.2) is 0 Å². The Labute approximate surface area is 127 Å². The molecule has 6 nitrogen and oxygen atoms in total. The van der Waals surface area contributed by atoms with E-state index >= 15 is 0 Å². The molecule has 0 saturated heterocycles. The molecule has 1 N–H and O–H groups in total. The molecule has 1 unspecified atom stereocenters. The van der Waals surface area contributed by atoms with Crippen LogP contribution in [0.25, 0.3) is 0 Å². The molecule has 2 rings (SSSR count). The number of aromatic nitrogens is 2. The molecule has 112 valence electrons. The van der Waals surface area contributed by atoms with E-state index in [-0.39, 0.29) is 11.7 Å². The molecule has 7 heteroatoms. The van der Waals surface area contributed by atoms with Crippen LogP contribution in [0.2, 0.25) is 5.02 Å². The van der Waals surface area contributed by atoms with Crippen molar-refractivity contribution in [2.75, 3.05) is 6.54 Å². The highest BCUT2D eigenvalue weighted by molar-refractivity contribution is 6.30. The zero-order valence-corrected chi connectivity index (χ0v) is 12.7. The SMILES string of the molecule is CCNC(C)c1cnn(Cc2cc(Cl)ccc2[N+](=O)[O-])c1. The van der Waals surface area contributed by atoms with Crippen LogP contribution in [0.3, 0.4) is 0 Å². The van der Waals surface area contributed by atoms with Crippen molar-refractivity contribution in [1.29, 1.82) is 0 Å². The van der Waals surface area contributed by atoms with E-state index in [0.29, 0.717) is 17.1 Å². The first-order valence-electron chi connectivity index (χ1n) is 6.69. The van der Waals surface area contributed by atoms with Crippen molar-refractivity contribution in [3.8, 4) is 0 Å². The molecule has 1 heterocycles. The van der Waals surface area contributed by atoms with Crippen molar-refractivity contribution in [1.82, 2.24) is 15.1 Å². The first-order valence-corrected chi connectivity index (χ1v) is 7.07. The minimum Gasteiger partial charge on any atom is -0.310 e. The zero-order chi connectivity index (χ0) is 15.4. The highest BCUT2D eigenvalue weighted by Crippen LogP contribution is 2.23. The number of benzene rings is 1. The molecule has 0 fully saturated rings. The molecule has 1 atom stereocenters. The summed E-state index contributed by atoms with van der Waals surface area (Å²) in [5.41, 5.74) is 1.64. The van der Waals surface area contributed by atoms with Crippen LogP contribution < -0.4 is 5.32 Å². The predicted octanol–water partition coefficient (Wildman–Crippen LogP) is 3.16. The Morgan fingerprint density at radius 1 is 1.52 bits per heavy atom. The molecular weight excluding hydrogens is 292 g/mol. The van der Waals surface area contributed by atoms with Gasteiger partial charge < -0.3 is 5.32 Å². The molecule has 1 aromatic heterocycles. The Kier molecular flexibility index (Phi) is 4.93. The Morgan fingerprint density at radius 3 is 2.95 bits per heavy atom. The summed E-state index contributed by atoms with van der Waals surface area (Å²) in [6.07, 6.45) is 3.65. The van der Waals surface area contributed by atoms with Gasteiger partial charge in [0.25, 0.3) is 5.69 Å². The number of nitrogens with one attached hydrogen (secondary N) is 1. The fourth-order valence-electron chi connectivity index (χ4n) is 2.15. The molecule has 21 heavy (non-hydrogen) atoms. The molecule has 0 radical (unpaired) electrons. The van der Waals surface area contributed by atoms with Crippen molar-refractivity contribution >= 4 is 17.3 Å². The quantitative estimate of drug-likeness (QED) is 0.657. The summed E-state index contributed by atoms with van der Waals surface area (Å²) in [7, 11) is 0. The van der Waals surface area contributed by atoms with E-state index in [4.69, 9.17) is 11.6 Å². The lowest BCUT2D eigenvalue weighted by molar-refractivity contribution is -0.385. The Balaban J connectivity index is 2.22. The van der Waals surface area contributed by atoms with Crippen LogP contribution in [0.5, 0.6) is 0 Å². The van der Waals surface area contributed by atoms with Crippen molar-refractivity contribution in [3.63, 3.8) is 0 Å². The molecule has 0 bridgehead atoms. The first kappa shape index (κ1) is 15.5. The van der Waals surface area contributed by atoms with Gasteiger partial charge in [-0.05, 0) is 25.6 Å². The van der Waals surface area contributed by atoms with E-state index in [9.17, 15) is 10.1 Å². The number of halogens is 1. The number of nitro benzene ring substituents is 1. The fourth-order valence-corrected chi connectivity index (χ4v) is 2.34. The monoisotopic (exact) mass is 308 g/mol. The summed E-state index contributed by atoms with van der Waals surface area (Å²) in [6, 6.07) is 4.74. The van der Waals surface area contributed by atoms with Crippen LogP contribution in [-0.2, 0) is 6.54 Å². The van der Waals surface area contributed by atoms with Crippen molar-refractivity contribution in [3.05, 3.63) is 56.9 Å². The van der Waals surface area contributed by atoms with Gasteiger partial charge in [-0.2, -0.15) is 5.10 Å². The van der Waals surface area contributed by atoms with Crippen molar-refractivity contribution in [2.45, 2.75) is 26.4 Å². The topological polar surface area (TPSA) is 73.0 Å². The summed E-state index contributed by atoms with van der Waals surface area (Å²) in [5.74, 6) is 0. The van der Waals surface area contributed by atoms with Gasteiger partial charge >= 0.3 is 0 Å². The maximum Gasteiger partial charge on any atom is 0.274 e.